The zero-order chi connectivity index (χ0) is 24.1. The molecule has 0 aromatic rings. The van der Waals surface area contributed by atoms with Gasteiger partial charge in [0.1, 0.15) is 5.60 Å². The molecule has 1 unspecified atom stereocenters. The SMILES string of the molecule is C=C(C)C(=O)OCC(=O)OC1(C(F)(F)F)OC2(CCCC2)C(C(F)(F)F)(C(F)(F)F)O1. The molecule has 2 rings (SSSR count). The van der Waals surface area contributed by atoms with E-state index in [9.17, 15) is 49.1 Å². The van der Waals surface area contributed by atoms with Crippen molar-refractivity contribution in [2.75, 3.05) is 6.61 Å². The van der Waals surface area contributed by atoms with Crippen LogP contribution in [0.2, 0.25) is 0 Å². The number of rotatable bonds is 4. The summed E-state index contributed by atoms with van der Waals surface area (Å²) in [4.78, 5) is 23.0. The molecule has 178 valence electrons. The minimum absolute atomic E-state index is 0.301. The molecule has 0 aromatic heterocycles. The van der Waals surface area contributed by atoms with Gasteiger partial charge in [0.05, 0.1) is 0 Å². The molecule has 1 heterocycles. The molecule has 0 aromatic carbocycles. The minimum Gasteiger partial charge on any atom is -0.450 e. The maximum absolute atomic E-state index is 13.7. The van der Waals surface area contributed by atoms with E-state index in [1.54, 1.807) is 0 Å². The van der Waals surface area contributed by atoms with Crippen molar-refractivity contribution in [3.05, 3.63) is 12.2 Å². The van der Waals surface area contributed by atoms with Gasteiger partial charge < -0.3 is 9.47 Å². The highest BCUT2D eigenvalue weighted by Crippen LogP contribution is 2.66. The zero-order valence-electron chi connectivity index (χ0n) is 15.6. The third-order valence-electron chi connectivity index (χ3n) is 4.73. The normalized spacial score (nSPS) is 25.5. The van der Waals surface area contributed by atoms with Crippen LogP contribution in [0, 0.1) is 0 Å². The summed E-state index contributed by atoms with van der Waals surface area (Å²) >= 11 is 0. The molecule has 15 heteroatoms. The highest BCUT2D eigenvalue weighted by molar-refractivity contribution is 5.88. The lowest BCUT2D eigenvalue weighted by molar-refractivity contribution is -0.473. The Bertz CT molecular complexity index is 734. The van der Waals surface area contributed by atoms with Crippen LogP contribution in [0.5, 0.6) is 0 Å². The van der Waals surface area contributed by atoms with Crippen LogP contribution >= 0.6 is 0 Å². The van der Waals surface area contributed by atoms with Gasteiger partial charge in [-0.3, -0.25) is 9.47 Å². The molecule has 6 nitrogen and oxygen atoms in total. The van der Waals surface area contributed by atoms with Gasteiger partial charge in [0.15, 0.2) is 6.61 Å². The number of carbonyl (C=O) groups excluding carboxylic acids is 2. The van der Waals surface area contributed by atoms with E-state index in [-0.39, 0.29) is 18.4 Å². The summed E-state index contributed by atoms with van der Waals surface area (Å²) in [6.07, 6.45) is -21.9. The van der Waals surface area contributed by atoms with Gasteiger partial charge in [-0.05, 0) is 19.8 Å². The van der Waals surface area contributed by atoms with Gasteiger partial charge in [-0.2, -0.15) is 39.5 Å². The predicted octanol–water partition coefficient (Wildman–Crippen LogP) is 4.09. The van der Waals surface area contributed by atoms with Crippen LogP contribution in [-0.4, -0.2) is 54.2 Å². The predicted molar refractivity (Wildman–Crippen MR) is 78.9 cm³/mol. The minimum atomic E-state index is -6.43. The maximum atomic E-state index is 13.7. The summed E-state index contributed by atoms with van der Waals surface area (Å²) < 4.78 is 139. The molecule has 1 atom stereocenters. The summed E-state index contributed by atoms with van der Waals surface area (Å²) in [6.45, 7) is 2.61. The van der Waals surface area contributed by atoms with Crippen LogP contribution in [0.4, 0.5) is 39.5 Å². The van der Waals surface area contributed by atoms with Crippen molar-refractivity contribution < 1.29 is 68.1 Å². The molecular formula is C16H15F9O6. The molecule has 1 spiro atoms. The van der Waals surface area contributed by atoms with Gasteiger partial charge in [0.2, 0.25) is 0 Å². The second kappa shape index (κ2) is 7.53. The summed E-state index contributed by atoms with van der Waals surface area (Å²) in [6, 6.07) is 0. The Morgan fingerprint density at radius 2 is 1.39 bits per heavy atom. The van der Waals surface area contributed by atoms with E-state index in [0.717, 1.165) is 6.92 Å². The molecule has 31 heavy (non-hydrogen) atoms. The lowest BCUT2D eigenvalue weighted by atomic mass is 9.80. The summed E-state index contributed by atoms with van der Waals surface area (Å²) in [7, 11) is 0. The quantitative estimate of drug-likeness (QED) is 0.348. The summed E-state index contributed by atoms with van der Waals surface area (Å²) in [5, 5.41) is 0. The standard InChI is InChI=1S/C16H15F9O6/c1-8(2)10(27)28-7-9(26)29-16(15(23,24)25)30-11(5-3-4-6-11)12(31-16,13(17,18)19)14(20,21)22/h1,3-7H2,2H3. The molecule has 1 aliphatic carbocycles. The van der Waals surface area contributed by atoms with Crippen molar-refractivity contribution in [1.29, 1.82) is 0 Å². The van der Waals surface area contributed by atoms with Gasteiger partial charge in [-0.15, -0.1) is 0 Å². The first-order chi connectivity index (χ1) is 13.8. The van der Waals surface area contributed by atoms with Crippen molar-refractivity contribution in [2.24, 2.45) is 0 Å². The third kappa shape index (κ3) is 3.97. The topological polar surface area (TPSA) is 71.1 Å². The first kappa shape index (κ1) is 25.2. The largest absolute Gasteiger partial charge is 0.486 e. The average molecular weight is 474 g/mol. The van der Waals surface area contributed by atoms with Crippen molar-refractivity contribution in [3.8, 4) is 0 Å². The van der Waals surface area contributed by atoms with Gasteiger partial charge >= 0.3 is 36.4 Å². The Balaban J connectivity index is 2.54. The van der Waals surface area contributed by atoms with Crippen LogP contribution in [0.3, 0.4) is 0 Å². The number of ether oxygens (including phenoxy) is 4. The highest BCUT2D eigenvalue weighted by Gasteiger charge is 2.92. The fraction of sp³-hybridized carbons (Fsp3) is 0.750. The highest BCUT2D eigenvalue weighted by atomic mass is 19.4. The zero-order valence-corrected chi connectivity index (χ0v) is 15.6. The van der Waals surface area contributed by atoms with Gasteiger partial charge in [-0.25, -0.2) is 9.59 Å². The molecule has 0 bridgehead atoms. The molecule has 0 amide bonds. The van der Waals surface area contributed by atoms with Crippen LogP contribution in [0.15, 0.2) is 12.2 Å². The van der Waals surface area contributed by atoms with Crippen molar-refractivity contribution in [2.45, 2.75) is 68.3 Å². The fourth-order valence-corrected chi connectivity index (χ4v) is 3.48. The van der Waals surface area contributed by atoms with E-state index >= 15 is 0 Å². The Hall–Kier alpha value is -2.03. The van der Waals surface area contributed by atoms with Gasteiger partial charge in [0, 0.05) is 5.57 Å². The van der Waals surface area contributed by atoms with Crippen molar-refractivity contribution >= 4 is 11.9 Å². The van der Waals surface area contributed by atoms with Gasteiger partial charge in [0.25, 0.3) is 5.60 Å². The molecular weight excluding hydrogens is 459 g/mol. The molecule has 1 aliphatic heterocycles. The molecule has 1 saturated carbocycles. The first-order valence-corrected chi connectivity index (χ1v) is 8.49. The number of esters is 2. The lowest BCUT2D eigenvalue weighted by Gasteiger charge is -2.41. The Labute approximate surface area is 168 Å². The Morgan fingerprint density at radius 1 is 0.903 bits per heavy atom. The maximum Gasteiger partial charge on any atom is 0.486 e. The van der Waals surface area contributed by atoms with E-state index in [2.05, 4.69) is 25.5 Å². The van der Waals surface area contributed by atoms with Crippen molar-refractivity contribution in [3.63, 3.8) is 0 Å². The lowest BCUT2D eigenvalue weighted by Crippen LogP contribution is -2.68. The number of hydrogen-bond acceptors (Lipinski definition) is 6. The van der Waals surface area contributed by atoms with E-state index in [4.69, 9.17) is 0 Å². The van der Waals surface area contributed by atoms with E-state index < -0.39 is 67.1 Å². The van der Waals surface area contributed by atoms with Crippen LogP contribution < -0.4 is 0 Å². The Kier molecular flexibility index (Phi) is 6.13. The second-order valence-corrected chi connectivity index (χ2v) is 6.97. The number of hydrogen-bond donors (Lipinski definition) is 0. The van der Waals surface area contributed by atoms with E-state index in [0.29, 0.717) is 0 Å². The first-order valence-electron chi connectivity index (χ1n) is 8.49. The Morgan fingerprint density at radius 3 is 1.77 bits per heavy atom. The summed E-state index contributed by atoms with van der Waals surface area (Å²) in [5.74, 6) is -8.49. The molecule has 0 N–H and O–H groups in total. The molecule has 1 saturated heterocycles. The molecule has 2 aliphatic rings. The monoisotopic (exact) mass is 474 g/mol. The number of halogens is 9. The molecule has 2 fully saturated rings. The average Bonchev–Trinajstić information content (AvgIpc) is 3.15. The number of carbonyl (C=O) groups is 2. The smallest absolute Gasteiger partial charge is 0.450 e. The number of alkyl halides is 9. The third-order valence-corrected chi connectivity index (χ3v) is 4.73. The van der Waals surface area contributed by atoms with E-state index in [1.807, 2.05) is 0 Å². The second-order valence-electron chi connectivity index (χ2n) is 6.97. The van der Waals surface area contributed by atoms with E-state index in [1.165, 1.54) is 0 Å². The van der Waals surface area contributed by atoms with Crippen LogP contribution in [-0.2, 0) is 28.5 Å². The summed E-state index contributed by atoms with van der Waals surface area (Å²) in [5.41, 5.74) is -9.30. The van der Waals surface area contributed by atoms with Crippen molar-refractivity contribution in [1.82, 2.24) is 0 Å². The van der Waals surface area contributed by atoms with Gasteiger partial charge in [-0.1, -0.05) is 19.4 Å². The van der Waals surface area contributed by atoms with Crippen LogP contribution in [0.1, 0.15) is 32.6 Å². The molecule has 0 radical (unpaired) electrons. The van der Waals surface area contributed by atoms with Crippen LogP contribution in [0.25, 0.3) is 0 Å². The fourth-order valence-electron chi connectivity index (χ4n) is 3.48.